The Hall–Kier alpha value is -2.60. The fourth-order valence-corrected chi connectivity index (χ4v) is 4.10. The number of pyridine rings is 1. The number of benzene rings is 1. The lowest BCUT2D eigenvalue weighted by Gasteiger charge is -2.25. The van der Waals surface area contributed by atoms with Gasteiger partial charge in [-0.15, -0.1) is 0 Å². The van der Waals surface area contributed by atoms with Gasteiger partial charge in [0.2, 0.25) is 0 Å². The lowest BCUT2D eigenvalue weighted by Crippen LogP contribution is -2.44. The van der Waals surface area contributed by atoms with Crippen molar-refractivity contribution in [2.75, 3.05) is 26.7 Å². The Bertz CT molecular complexity index is 861. The van der Waals surface area contributed by atoms with E-state index in [-0.39, 0.29) is 5.56 Å². The summed E-state index contributed by atoms with van der Waals surface area (Å²) in [5.41, 5.74) is 2.47. The van der Waals surface area contributed by atoms with Crippen molar-refractivity contribution in [1.82, 2.24) is 20.1 Å². The van der Waals surface area contributed by atoms with E-state index in [9.17, 15) is 4.79 Å². The van der Waals surface area contributed by atoms with Crippen LogP contribution in [0.2, 0.25) is 0 Å². The molecule has 1 aliphatic rings. The van der Waals surface area contributed by atoms with E-state index < -0.39 is 0 Å². The van der Waals surface area contributed by atoms with E-state index in [1.165, 1.54) is 18.4 Å². The van der Waals surface area contributed by atoms with E-state index in [1.807, 2.05) is 30.7 Å². The largest absolute Gasteiger partial charge is 0.356 e. The molecule has 0 amide bonds. The highest BCUT2D eigenvalue weighted by atomic mass is 16.1. The summed E-state index contributed by atoms with van der Waals surface area (Å²) >= 11 is 0. The molecule has 3 rings (SSSR count). The van der Waals surface area contributed by atoms with Crippen LogP contribution in [-0.4, -0.2) is 48.2 Å². The van der Waals surface area contributed by atoms with Gasteiger partial charge in [0.1, 0.15) is 0 Å². The smallest absolute Gasteiger partial charge is 0.250 e. The molecule has 2 heterocycles. The summed E-state index contributed by atoms with van der Waals surface area (Å²) in [6.45, 7) is 6.66. The van der Waals surface area contributed by atoms with Gasteiger partial charge in [0.05, 0.1) is 0 Å². The van der Waals surface area contributed by atoms with Gasteiger partial charge in [-0.3, -0.25) is 14.7 Å². The first-order chi connectivity index (χ1) is 14.7. The van der Waals surface area contributed by atoms with Crippen molar-refractivity contribution in [3.63, 3.8) is 0 Å². The van der Waals surface area contributed by atoms with Gasteiger partial charge in [0.25, 0.3) is 5.56 Å². The number of guanidine groups is 1. The fourth-order valence-electron chi connectivity index (χ4n) is 4.10. The number of aryl methyl sites for hydroxylation is 1. The molecule has 6 nitrogen and oxygen atoms in total. The number of hydrogen-bond acceptors (Lipinski definition) is 3. The standard InChI is InChI=1S/C24H35N5O/c1-20-10-8-14-23(30)29(20)17-7-6-15-26-24(25-2)27-18-22-13-9-16-28(22)19-21-11-4-3-5-12-21/h3-5,8,10-12,14,22H,6-7,9,13,15-19H2,1-2H3,(H2,25,26,27). The molecule has 6 heteroatoms. The number of likely N-dealkylation sites (tertiary alicyclic amines) is 1. The molecule has 2 aromatic rings. The molecule has 0 saturated carbocycles. The van der Waals surface area contributed by atoms with E-state index in [0.29, 0.717) is 6.04 Å². The van der Waals surface area contributed by atoms with Crippen LogP contribution in [0, 0.1) is 6.92 Å². The Labute approximate surface area is 180 Å². The molecule has 0 radical (unpaired) electrons. The summed E-state index contributed by atoms with van der Waals surface area (Å²) in [5.74, 6) is 0.856. The molecule has 1 atom stereocenters. The predicted molar refractivity (Wildman–Crippen MR) is 124 cm³/mol. The molecule has 1 saturated heterocycles. The first kappa shape index (κ1) is 22.1. The third-order valence-electron chi connectivity index (χ3n) is 5.83. The lowest BCUT2D eigenvalue weighted by atomic mass is 10.2. The van der Waals surface area contributed by atoms with Gasteiger partial charge in [-0.1, -0.05) is 36.4 Å². The third-order valence-corrected chi connectivity index (χ3v) is 5.83. The van der Waals surface area contributed by atoms with Crippen molar-refractivity contribution in [3.05, 3.63) is 70.1 Å². The van der Waals surface area contributed by atoms with Gasteiger partial charge in [0.15, 0.2) is 5.96 Å². The highest BCUT2D eigenvalue weighted by Gasteiger charge is 2.24. The molecule has 1 fully saturated rings. The highest BCUT2D eigenvalue weighted by molar-refractivity contribution is 5.79. The molecule has 1 aromatic heterocycles. The summed E-state index contributed by atoms with van der Waals surface area (Å²) in [6.07, 6.45) is 4.43. The van der Waals surface area contributed by atoms with Crippen molar-refractivity contribution in [2.45, 2.75) is 51.7 Å². The maximum atomic E-state index is 11.9. The second kappa shape index (κ2) is 11.6. The van der Waals surface area contributed by atoms with Crippen LogP contribution in [0.4, 0.5) is 0 Å². The minimum absolute atomic E-state index is 0.0806. The summed E-state index contributed by atoms with van der Waals surface area (Å²) in [7, 11) is 1.82. The van der Waals surface area contributed by atoms with Gasteiger partial charge in [-0.05, 0) is 50.8 Å². The zero-order chi connectivity index (χ0) is 21.2. The quantitative estimate of drug-likeness (QED) is 0.380. The summed E-state index contributed by atoms with van der Waals surface area (Å²) in [4.78, 5) is 18.9. The van der Waals surface area contributed by atoms with E-state index in [1.54, 1.807) is 6.07 Å². The van der Waals surface area contributed by atoms with Crippen LogP contribution >= 0.6 is 0 Å². The maximum absolute atomic E-state index is 11.9. The van der Waals surface area contributed by atoms with Crippen molar-refractivity contribution in [1.29, 1.82) is 0 Å². The summed E-state index contributed by atoms with van der Waals surface area (Å²) in [6, 6.07) is 16.7. The second-order valence-corrected chi connectivity index (χ2v) is 8.00. The molecule has 30 heavy (non-hydrogen) atoms. The van der Waals surface area contributed by atoms with Crippen LogP contribution in [0.3, 0.4) is 0 Å². The number of rotatable bonds is 9. The average molecular weight is 410 g/mol. The zero-order valence-electron chi connectivity index (χ0n) is 18.3. The molecule has 1 unspecified atom stereocenters. The first-order valence-electron chi connectivity index (χ1n) is 11.1. The third kappa shape index (κ3) is 6.46. The van der Waals surface area contributed by atoms with Crippen LogP contribution in [0.1, 0.15) is 36.9 Å². The number of aliphatic imine (C=N–C) groups is 1. The van der Waals surface area contributed by atoms with E-state index >= 15 is 0 Å². The van der Waals surface area contributed by atoms with Crippen LogP contribution < -0.4 is 16.2 Å². The second-order valence-electron chi connectivity index (χ2n) is 8.00. The number of hydrogen-bond donors (Lipinski definition) is 2. The summed E-state index contributed by atoms with van der Waals surface area (Å²) in [5, 5.41) is 6.90. The van der Waals surface area contributed by atoms with Crippen molar-refractivity contribution < 1.29 is 0 Å². The Morgan fingerprint density at radius 3 is 2.70 bits per heavy atom. The fraction of sp³-hybridized carbons (Fsp3) is 0.500. The molecule has 0 aliphatic carbocycles. The Balaban J connectivity index is 1.37. The molecule has 0 spiro atoms. The monoisotopic (exact) mass is 409 g/mol. The molecular formula is C24H35N5O. The van der Waals surface area contributed by atoms with Gasteiger partial charge in [-0.25, -0.2) is 0 Å². The van der Waals surface area contributed by atoms with Crippen LogP contribution in [0.25, 0.3) is 0 Å². The molecule has 2 N–H and O–H groups in total. The predicted octanol–water partition coefficient (Wildman–Crippen LogP) is 2.77. The molecule has 1 aromatic carbocycles. The number of unbranched alkanes of at least 4 members (excludes halogenated alkanes) is 1. The van der Waals surface area contributed by atoms with Crippen molar-refractivity contribution in [2.24, 2.45) is 4.99 Å². The molecule has 162 valence electrons. The van der Waals surface area contributed by atoms with Crippen LogP contribution in [0.5, 0.6) is 0 Å². The zero-order valence-corrected chi connectivity index (χ0v) is 18.3. The Morgan fingerprint density at radius 2 is 1.93 bits per heavy atom. The van der Waals surface area contributed by atoms with E-state index in [4.69, 9.17) is 0 Å². The van der Waals surface area contributed by atoms with Gasteiger partial charge in [0, 0.05) is 51.0 Å². The Morgan fingerprint density at radius 1 is 1.10 bits per heavy atom. The van der Waals surface area contributed by atoms with E-state index in [0.717, 1.165) is 57.2 Å². The van der Waals surface area contributed by atoms with Crippen molar-refractivity contribution >= 4 is 5.96 Å². The van der Waals surface area contributed by atoms with E-state index in [2.05, 4.69) is 50.9 Å². The maximum Gasteiger partial charge on any atom is 0.250 e. The Kier molecular flexibility index (Phi) is 8.51. The number of nitrogens with zero attached hydrogens (tertiary/aromatic N) is 3. The van der Waals surface area contributed by atoms with Gasteiger partial charge in [-0.2, -0.15) is 0 Å². The SMILES string of the molecule is CN=C(NCCCCn1c(C)cccc1=O)NCC1CCCN1Cc1ccccc1. The van der Waals surface area contributed by atoms with Crippen molar-refractivity contribution in [3.8, 4) is 0 Å². The average Bonchev–Trinajstić information content (AvgIpc) is 3.19. The normalized spacial score (nSPS) is 17.3. The first-order valence-corrected chi connectivity index (χ1v) is 11.1. The highest BCUT2D eigenvalue weighted by Crippen LogP contribution is 2.19. The minimum atomic E-state index is 0.0806. The molecule has 0 bridgehead atoms. The van der Waals surface area contributed by atoms with Gasteiger partial charge < -0.3 is 15.2 Å². The van der Waals surface area contributed by atoms with Crippen LogP contribution in [-0.2, 0) is 13.1 Å². The summed E-state index contributed by atoms with van der Waals surface area (Å²) < 4.78 is 1.84. The number of aromatic nitrogens is 1. The molecule has 1 aliphatic heterocycles. The lowest BCUT2D eigenvalue weighted by molar-refractivity contribution is 0.245. The number of nitrogens with one attached hydrogen (secondary N) is 2. The topological polar surface area (TPSA) is 61.7 Å². The van der Waals surface area contributed by atoms with Crippen LogP contribution in [0.15, 0.2) is 58.3 Å². The minimum Gasteiger partial charge on any atom is -0.356 e. The van der Waals surface area contributed by atoms with Gasteiger partial charge >= 0.3 is 0 Å². The molecular weight excluding hydrogens is 374 g/mol.